The fourth-order valence-corrected chi connectivity index (χ4v) is 5.28. The van der Waals surface area contributed by atoms with Crippen molar-refractivity contribution in [1.82, 2.24) is 15.1 Å². The molecule has 13 nitrogen and oxygen atoms in total. The predicted molar refractivity (Wildman–Crippen MR) is 147 cm³/mol. The van der Waals surface area contributed by atoms with E-state index in [1.165, 1.54) is 52.8 Å². The van der Waals surface area contributed by atoms with Crippen molar-refractivity contribution in [3.8, 4) is 0 Å². The van der Waals surface area contributed by atoms with E-state index in [-0.39, 0.29) is 40.8 Å². The number of anilines is 1. The minimum atomic E-state index is -4.13. The first kappa shape index (κ1) is 29.6. The summed E-state index contributed by atoms with van der Waals surface area (Å²) in [5.74, 6) is -1.36. The molecule has 15 heteroatoms. The van der Waals surface area contributed by atoms with Crippen LogP contribution in [0.4, 0.5) is 5.69 Å². The molecular formula is C26H28N6O7S2. The highest BCUT2D eigenvalue weighted by Crippen LogP contribution is 2.22. The number of hydrogen-bond acceptors (Lipinski definition) is 8. The molecule has 1 unspecified atom stereocenters. The van der Waals surface area contributed by atoms with Crippen LogP contribution in [-0.2, 0) is 37.9 Å². The first-order chi connectivity index (χ1) is 19.4. The Bertz CT molecular complexity index is 1660. The molecule has 2 amide bonds. The van der Waals surface area contributed by atoms with Gasteiger partial charge in [0.2, 0.25) is 5.91 Å². The Morgan fingerprint density at radius 3 is 2.46 bits per heavy atom. The zero-order valence-electron chi connectivity index (χ0n) is 22.7. The zero-order valence-corrected chi connectivity index (χ0v) is 24.4. The molecule has 2 aromatic carbocycles. The molecule has 216 valence electrons. The Morgan fingerprint density at radius 2 is 1.83 bits per heavy atom. The normalized spacial score (nSPS) is 15.9. The number of sulfonamides is 1. The highest BCUT2D eigenvalue weighted by Gasteiger charge is 2.43. The average molecular weight is 601 g/mol. The number of nitrogens with one attached hydrogen (secondary N) is 1. The predicted octanol–water partition coefficient (Wildman–Crippen LogP) is 0.792. The van der Waals surface area contributed by atoms with Gasteiger partial charge in [0.05, 0.1) is 23.5 Å². The molecule has 0 bridgehead atoms. The number of thiocarbonyl (C=S) groups is 1. The van der Waals surface area contributed by atoms with Crippen LogP contribution < -0.4 is 20.8 Å². The van der Waals surface area contributed by atoms with Gasteiger partial charge in [-0.3, -0.25) is 19.8 Å². The summed E-state index contributed by atoms with van der Waals surface area (Å²) in [4.78, 5) is 40.5. The van der Waals surface area contributed by atoms with Crippen molar-refractivity contribution in [3.63, 3.8) is 0 Å². The molecule has 1 aliphatic heterocycles. The third kappa shape index (κ3) is 6.52. The van der Waals surface area contributed by atoms with E-state index in [9.17, 15) is 22.8 Å². The smallest absolute Gasteiger partial charge is 0.338 e. The van der Waals surface area contributed by atoms with Crippen LogP contribution in [0.1, 0.15) is 35.0 Å². The van der Waals surface area contributed by atoms with Gasteiger partial charge >= 0.3 is 5.97 Å². The van der Waals surface area contributed by atoms with Gasteiger partial charge in [0, 0.05) is 12.7 Å². The van der Waals surface area contributed by atoms with Gasteiger partial charge in [0.25, 0.3) is 27.2 Å². The van der Waals surface area contributed by atoms with Gasteiger partial charge in [-0.25, -0.2) is 9.48 Å². The topological polar surface area (TPSA) is 157 Å². The zero-order chi connectivity index (χ0) is 29.9. The van der Waals surface area contributed by atoms with E-state index in [1.807, 2.05) is 6.92 Å². The van der Waals surface area contributed by atoms with Gasteiger partial charge in [-0.15, -0.1) is 4.40 Å². The number of likely N-dealkylation sites (N-methyl/N-ethyl adjacent to an activating group) is 1. The summed E-state index contributed by atoms with van der Waals surface area (Å²) in [6.45, 7) is 3.67. The SMILES string of the molecule is CCOC(=O)c1ccc(NC(=O)CC2C(=O)N(C)C(=S)N2Cc2/c(=N/S(=O)(=O)c3ccc(C)cc3)o[n-][n+]2C)cc1. The number of hydrogen-bond donors (Lipinski definition) is 1. The van der Waals surface area contributed by atoms with E-state index >= 15 is 0 Å². The van der Waals surface area contributed by atoms with E-state index in [4.69, 9.17) is 21.5 Å². The lowest BCUT2D eigenvalue weighted by Crippen LogP contribution is -2.45. The molecular weight excluding hydrogens is 572 g/mol. The van der Waals surface area contributed by atoms with Crippen LogP contribution in [0.3, 0.4) is 0 Å². The molecule has 1 aromatic heterocycles. The minimum absolute atomic E-state index is 0.0236. The van der Waals surface area contributed by atoms with Gasteiger partial charge in [-0.2, -0.15) is 8.42 Å². The van der Waals surface area contributed by atoms with E-state index in [1.54, 1.807) is 31.2 Å². The van der Waals surface area contributed by atoms with Crippen LogP contribution in [0.25, 0.3) is 0 Å². The lowest BCUT2D eigenvalue weighted by molar-refractivity contribution is -0.752. The number of carbonyl (C=O) groups is 3. The lowest BCUT2D eigenvalue weighted by Gasteiger charge is -2.21. The first-order valence-corrected chi connectivity index (χ1v) is 14.3. The van der Waals surface area contributed by atoms with Crippen LogP contribution in [0.5, 0.6) is 0 Å². The molecule has 1 fully saturated rings. The molecule has 1 aliphatic rings. The largest absolute Gasteiger partial charge is 0.486 e. The van der Waals surface area contributed by atoms with Crippen LogP contribution >= 0.6 is 12.2 Å². The van der Waals surface area contributed by atoms with Crippen molar-refractivity contribution in [3.05, 3.63) is 70.9 Å². The van der Waals surface area contributed by atoms with Gasteiger partial charge in [-0.1, -0.05) is 17.7 Å². The molecule has 1 atom stereocenters. The summed E-state index contributed by atoms with van der Waals surface area (Å²) in [5.41, 5.74) is 1.59. The Kier molecular flexibility index (Phi) is 8.68. The Labute approximate surface area is 241 Å². The summed E-state index contributed by atoms with van der Waals surface area (Å²) in [7, 11) is -1.11. The molecule has 0 spiro atoms. The Balaban J connectivity index is 1.55. The van der Waals surface area contributed by atoms with Crippen LogP contribution in [0, 0.1) is 6.92 Å². The highest BCUT2D eigenvalue weighted by atomic mass is 32.2. The summed E-state index contributed by atoms with van der Waals surface area (Å²) in [6.07, 6.45) is -0.258. The van der Waals surface area contributed by atoms with Crippen LogP contribution in [0.15, 0.2) is 62.3 Å². The number of esters is 1. The summed E-state index contributed by atoms with van der Waals surface area (Å²) in [5, 5.41) is 6.64. The molecule has 1 saturated heterocycles. The number of carbonyl (C=O) groups excluding carboxylic acids is 3. The molecule has 4 rings (SSSR count). The van der Waals surface area contributed by atoms with Crippen LogP contribution in [0.2, 0.25) is 0 Å². The maximum absolute atomic E-state index is 13.0. The maximum atomic E-state index is 13.0. The quantitative estimate of drug-likeness (QED) is 0.212. The average Bonchev–Trinajstić information content (AvgIpc) is 3.36. The van der Waals surface area contributed by atoms with Crippen LogP contribution in [-0.4, -0.2) is 60.8 Å². The monoisotopic (exact) mass is 600 g/mol. The Hall–Kier alpha value is -4.37. The summed E-state index contributed by atoms with van der Waals surface area (Å²) < 4.78 is 41.1. The number of aromatic nitrogens is 2. The third-order valence-corrected chi connectivity index (χ3v) is 8.09. The van der Waals surface area contributed by atoms with E-state index in [0.29, 0.717) is 11.3 Å². The highest BCUT2D eigenvalue weighted by molar-refractivity contribution is 7.90. The standard InChI is InChI=1S/C26H28N6O7S2/c1-5-38-25(35)17-8-10-18(11-9-17)27-22(33)14-20-24(34)30(3)26(40)32(20)15-21-23(39-29-31(21)4)28-41(36,37)19-12-6-16(2)7-13-19/h6-13,20H,5,14-15H2,1-4H3,(H,27,33)/b28-23-. The number of aryl methyl sites for hydroxylation is 2. The minimum Gasteiger partial charge on any atom is -0.486 e. The van der Waals surface area contributed by atoms with Gasteiger partial charge in [0.1, 0.15) is 19.6 Å². The molecule has 1 N–H and O–H groups in total. The van der Waals surface area contributed by atoms with Crippen molar-refractivity contribution in [2.45, 2.75) is 37.8 Å². The van der Waals surface area contributed by atoms with Gasteiger partial charge < -0.3 is 19.5 Å². The Morgan fingerprint density at radius 1 is 1.17 bits per heavy atom. The number of amides is 2. The number of nitrogens with zero attached hydrogens (tertiary/aromatic N) is 5. The van der Waals surface area contributed by atoms with Gasteiger partial charge in [0.15, 0.2) is 5.11 Å². The summed E-state index contributed by atoms with van der Waals surface area (Å²) >= 11 is 5.46. The molecule has 2 heterocycles. The van der Waals surface area contributed by atoms with Crippen molar-refractivity contribution in [2.75, 3.05) is 19.0 Å². The van der Waals surface area contributed by atoms with E-state index < -0.39 is 33.8 Å². The second-order valence-electron chi connectivity index (χ2n) is 9.20. The fourth-order valence-electron chi connectivity index (χ4n) is 4.06. The molecule has 3 aromatic rings. The van der Waals surface area contributed by atoms with Crippen molar-refractivity contribution >= 4 is 50.8 Å². The second kappa shape index (κ2) is 12.0. The summed E-state index contributed by atoms with van der Waals surface area (Å²) in [6, 6.07) is 11.3. The molecule has 0 saturated carbocycles. The van der Waals surface area contributed by atoms with Crippen molar-refractivity contribution in [2.24, 2.45) is 11.4 Å². The lowest BCUT2D eigenvalue weighted by atomic mass is 10.1. The first-order valence-electron chi connectivity index (χ1n) is 12.5. The number of ether oxygens (including phenoxy) is 1. The van der Waals surface area contributed by atoms with Gasteiger partial charge in [-0.05, 0) is 62.5 Å². The second-order valence-corrected chi connectivity index (χ2v) is 11.2. The molecule has 41 heavy (non-hydrogen) atoms. The third-order valence-electron chi connectivity index (χ3n) is 6.31. The molecule has 0 aliphatic carbocycles. The van der Waals surface area contributed by atoms with Crippen molar-refractivity contribution < 1.29 is 36.7 Å². The molecule has 0 radical (unpaired) electrons. The van der Waals surface area contributed by atoms with E-state index in [2.05, 4.69) is 15.0 Å². The maximum Gasteiger partial charge on any atom is 0.338 e. The number of benzene rings is 2. The van der Waals surface area contributed by atoms with E-state index in [0.717, 1.165) is 5.56 Å². The number of rotatable bonds is 9. The fraction of sp³-hybridized carbons (Fsp3) is 0.308. The van der Waals surface area contributed by atoms with Crippen molar-refractivity contribution in [1.29, 1.82) is 0 Å².